The molecule has 0 bridgehead atoms. The standard InChI is InChI=1S/C10H19N3O/c1-13(5-6-14-2)8-10(12,7-11)9-3-4-9/h9H,3-6,8,12H2,1-2H3. The molecule has 2 N–H and O–H groups in total. The Morgan fingerprint density at radius 2 is 2.29 bits per heavy atom. The first-order valence-corrected chi connectivity index (χ1v) is 5.00. The van der Waals surface area contributed by atoms with E-state index in [4.69, 9.17) is 15.7 Å². The molecule has 14 heavy (non-hydrogen) atoms. The second-order valence-electron chi connectivity index (χ2n) is 4.16. The molecule has 0 saturated heterocycles. The maximum Gasteiger partial charge on any atom is 0.119 e. The van der Waals surface area contributed by atoms with Crippen LogP contribution in [0.2, 0.25) is 0 Å². The third kappa shape index (κ3) is 2.95. The molecule has 80 valence electrons. The van der Waals surface area contributed by atoms with Crippen LogP contribution in [0.4, 0.5) is 0 Å². The first kappa shape index (κ1) is 11.4. The number of hydrogen-bond acceptors (Lipinski definition) is 4. The third-order valence-corrected chi connectivity index (χ3v) is 2.72. The van der Waals surface area contributed by atoms with E-state index < -0.39 is 5.54 Å². The highest BCUT2D eigenvalue weighted by Gasteiger charge is 2.43. The molecule has 4 nitrogen and oxygen atoms in total. The number of nitrogens with two attached hydrogens (primary N) is 1. The summed E-state index contributed by atoms with van der Waals surface area (Å²) in [7, 11) is 3.65. The lowest BCUT2D eigenvalue weighted by atomic mass is 9.96. The minimum absolute atomic E-state index is 0.400. The number of nitriles is 1. The van der Waals surface area contributed by atoms with Gasteiger partial charge in [-0.25, -0.2) is 0 Å². The summed E-state index contributed by atoms with van der Waals surface area (Å²) < 4.78 is 4.97. The summed E-state index contributed by atoms with van der Waals surface area (Å²) in [5.74, 6) is 0.400. The van der Waals surface area contributed by atoms with Gasteiger partial charge in [0.1, 0.15) is 5.54 Å². The topological polar surface area (TPSA) is 62.3 Å². The molecule has 0 aliphatic heterocycles. The van der Waals surface area contributed by atoms with Gasteiger partial charge in [-0.05, 0) is 25.8 Å². The van der Waals surface area contributed by atoms with Crippen molar-refractivity contribution in [1.29, 1.82) is 5.26 Å². The van der Waals surface area contributed by atoms with E-state index >= 15 is 0 Å². The third-order valence-electron chi connectivity index (χ3n) is 2.72. The first-order valence-electron chi connectivity index (χ1n) is 5.00. The van der Waals surface area contributed by atoms with E-state index in [0.29, 0.717) is 19.1 Å². The van der Waals surface area contributed by atoms with Gasteiger partial charge < -0.3 is 15.4 Å². The van der Waals surface area contributed by atoms with Crippen molar-refractivity contribution >= 4 is 0 Å². The van der Waals surface area contributed by atoms with Crippen LogP contribution >= 0.6 is 0 Å². The van der Waals surface area contributed by atoms with E-state index in [0.717, 1.165) is 19.4 Å². The zero-order valence-corrected chi connectivity index (χ0v) is 8.99. The van der Waals surface area contributed by atoms with Gasteiger partial charge in [0, 0.05) is 20.2 Å². The molecule has 0 aromatic carbocycles. The number of methoxy groups -OCH3 is 1. The predicted molar refractivity (Wildman–Crippen MR) is 54.6 cm³/mol. The largest absolute Gasteiger partial charge is 0.383 e. The highest BCUT2D eigenvalue weighted by molar-refractivity contribution is 5.14. The summed E-state index contributed by atoms with van der Waals surface area (Å²) in [5.41, 5.74) is 5.38. The van der Waals surface area contributed by atoms with E-state index in [1.165, 1.54) is 0 Å². The minimum atomic E-state index is -0.650. The lowest BCUT2D eigenvalue weighted by molar-refractivity contribution is 0.150. The van der Waals surface area contributed by atoms with Gasteiger partial charge in [0.2, 0.25) is 0 Å². The zero-order valence-electron chi connectivity index (χ0n) is 8.99. The minimum Gasteiger partial charge on any atom is -0.383 e. The van der Waals surface area contributed by atoms with Gasteiger partial charge >= 0.3 is 0 Å². The maximum atomic E-state index is 9.04. The van der Waals surface area contributed by atoms with Crippen LogP contribution < -0.4 is 5.73 Å². The number of ether oxygens (including phenoxy) is 1. The molecule has 0 heterocycles. The van der Waals surface area contributed by atoms with Crippen LogP contribution in [0.15, 0.2) is 0 Å². The van der Waals surface area contributed by atoms with E-state index in [9.17, 15) is 0 Å². The highest BCUT2D eigenvalue weighted by Crippen LogP contribution is 2.38. The quantitative estimate of drug-likeness (QED) is 0.660. The summed E-state index contributed by atoms with van der Waals surface area (Å²) in [6, 6.07) is 2.24. The molecule has 1 atom stereocenters. The summed E-state index contributed by atoms with van der Waals surface area (Å²) >= 11 is 0. The van der Waals surface area contributed by atoms with Crippen molar-refractivity contribution in [3.8, 4) is 6.07 Å². The summed E-state index contributed by atoms with van der Waals surface area (Å²) in [6.07, 6.45) is 2.20. The fraction of sp³-hybridized carbons (Fsp3) is 0.900. The van der Waals surface area contributed by atoms with E-state index in [1.54, 1.807) is 7.11 Å². The second-order valence-corrected chi connectivity index (χ2v) is 4.16. The molecule has 0 aromatic rings. The Morgan fingerprint density at radius 3 is 2.71 bits per heavy atom. The molecule has 1 aliphatic rings. The van der Waals surface area contributed by atoms with Crippen molar-refractivity contribution in [3.63, 3.8) is 0 Å². The number of nitrogens with zero attached hydrogens (tertiary/aromatic N) is 2. The molecule has 0 amide bonds. The Labute approximate surface area is 85.6 Å². The van der Waals surface area contributed by atoms with E-state index in [2.05, 4.69) is 11.0 Å². The number of hydrogen-bond donors (Lipinski definition) is 1. The molecule has 4 heteroatoms. The molecule has 1 saturated carbocycles. The fourth-order valence-corrected chi connectivity index (χ4v) is 1.63. The summed E-state index contributed by atoms with van der Waals surface area (Å²) in [5, 5.41) is 9.04. The molecule has 0 radical (unpaired) electrons. The monoisotopic (exact) mass is 197 g/mol. The summed E-state index contributed by atoms with van der Waals surface area (Å²) in [6.45, 7) is 2.14. The van der Waals surface area contributed by atoms with Crippen molar-refractivity contribution in [2.75, 3.05) is 33.9 Å². The molecular formula is C10H19N3O. The van der Waals surface area contributed by atoms with Crippen molar-refractivity contribution in [3.05, 3.63) is 0 Å². The van der Waals surface area contributed by atoms with Crippen LogP contribution in [-0.4, -0.2) is 44.3 Å². The average molecular weight is 197 g/mol. The maximum absolute atomic E-state index is 9.04. The van der Waals surface area contributed by atoms with Gasteiger partial charge in [0.15, 0.2) is 0 Å². The highest BCUT2D eigenvalue weighted by atomic mass is 16.5. The molecule has 1 aliphatic carbocycles. The van der Waals surface area contributed by atoms with Gasteiger partial charge in [-0.3, -0.25) is 0 Å². The summed E-state index contributed by atoms with van der Waals surface area (Å²) in [4.78, 5) is 2.06. The fourth-order valence-electron chi connectivity index (χ4n) is 1.63. The van der Waals surface area contributed by atoms with Crippen LogP contribution in [0, 0.1) is 17.2 Å². The van der Waals surface area contributed by atoms with Crippen LogP contribution in [0.25, 0.3) is 0 Å². The molecule has 0 spiro atoms. The Hall–Kier alpha value is -0.630. The van der Waals surface area contributed by atoms with E-state index in [-0.39, 0.29) is 0 Å². The lowest BCUT2D eigenvalue weighted by Crippen LogP contribution is -2.50. The SMILES string of the molecule is COCCN(C)CC(N)(C#N)C1CC1. The zero-order chi connectivity index (χ0) is 10.6. The van der Waals surface area contributed by atoms with Crippen molar-refractivity contribution in [2.24, 2.45) is 11.7 Å². The van der Waals surface area contributed by atoms with Gasteiger partial charge in [0.05, 0.1) is 12.7 Å². The van der Waals surface area contributed by atoms with Gasteiger partial charge in [0.25, 0.3) is 0 Å². The molecule has 1 fully saturated rings. The van der Waals surface area contributed by atoms with Crippen LogP contribution in [0.3, 0.4) is 0 Å². The predicted octanol–water partition coefficient (Wildman–Crippen LogP) is 0.196. The molecule has 0 aromatic heterocycles. The molecule has 1 unspecified atom stereocenters. The van der Waals surface area contributed by atoms with Crippen molar-refractivity contribution in [1.82, 2.24) is 4.90 Å². The number of rotatable bonds is 6. The van der Waals surface area contributed by atoms with Crippen LogP contribution in [0.5, 0.6) is 0 Å². The van der Waals surface area contributed by atoms with Crippen LogP contribution in [-0.2, 0) is 4.74 Å². The number of likely N-dealkylation sites (N-methyl/N-ethyl adjacent to an activating group) is 1. The van der Waals surface area contributed by atoms with Gasteiger partial charge in [-0.15, -0.1) is 0 Å². The van der Waals surface area contributed by atoms with Gasteiger partial charge in [-0.2, -0.15) is 5.26 Å². The van der Waals surface area contributed by atoms with Gasteiger partial charge in [-0.1, -0.05) is 0 Å². The molecule has 1 rings (SSSR count). The van der Waals surface area contributed by atoms with E-state index in [1.807, 2.05) is 7.05 Å². The molecular weight excluding hydrogens is 178 g/mol. The smallest absolute Gasteiger partial charge is 0.119 e. The first-order chi connectivity index (χ1) is 6.62. The van der Waals surface area contributed by atoms with Crippen LogP contribution in [0.1, 0.15) is 12.8 Å². The normalized spacial score (nSPS) is 20.5. The van der Waals surface area contributed by atoms with Crippen molar-refractivity contribution in [2.45, 2.75) is 18.4 Å². The lowest BCUT2D eigenvalue weighted by Gasteiger charge is -2.27. The second kappa shape index (κ2) is 4.74. The van der Waals surface area contributed by atoms with Crippen molar-refractivity contribution < 1.29 is 4.74 Å². The average Bonchev–Trinajstić information content (AvgIpc) is 2.97. The Bertz CT molecular complexity index is 222. The Morgan fingerprint density at radius 1 is 1.64 bits per heavy atom. The Balaban J connectivity index is 2.36. The Kier molecular flexibility index (Phi) is 3.87.